The van der Waals surface area contributed by atoms with Gasteiger partial charge in [0, 0.05) is 38.6 Å². The molecule has 1 fully saturated rings. The molecule has 0 bridgehead atoms. The van der Waals surface area contributed by atoms with Crippen molar-refractivity contribution in [1.82, 2.24) is 19.8 Å². The summed E-state index contributed by atoms with van der Waals surface area (Å²) in [6, 6.07) is 8.67. The van der Waals surface area contributed by atoms with Crippen molar-refractivity contribution in [2.75, 3.05) is 19.6 Å². The molecule has 0 atom stereocenters. The van der Waals surface area contributed by atoms with Crippen molar-refractivity contribution in [2.45, 2.75) is 39.8 Å². The first-order chi connectivity index (χ1) is 12.2. The van der Waals surface area contributed by atoms with E-state index < -0.39 is 0 Å². The molecule has 2 heterocycles. The van der Waals surface area contributed by atoms with E-state index >= 15 is 0 Å². The Kier molecular flexibility index (Phi) is 6.09. The smallest absolute Gasteiger partial charge is 0.194 e. The minimum absolute atomic E-state index is 0.714. The van der Waals surface area contributed by atoms with Crippen molar-refractivity contribution in [3.63, 3.8) is 0 Å². The molecule has 0 amide bonds. The standard InChI is InChI=1S/C20H29N5/c1-3-22-20(25-10-7-17(2)8-11-25)23-14-18-5-4-6-19(13-18)15-24-12-9-21-16-24/h4-6,9,12-13,16-17H,3,7-8,10-11,14-15H2,1-2H3,(H,22,23). The predicted octanol–water partition coefficient (Wildman–Crippen LogP) is 3.13. The van der Waals surface area contributed by atoms with E-state index in [1.165, 1.54) is 24.0 Å². The van der Waals surface area contributed by atoms with Gasteiger partial charge in [0.15, 0.2) is 5.96 Å². The molecule has 25 heavy (non-hydrogen) atoms. The fraction of sp³-hybridized carbons (Fsp3) is 0.500. The molecule has 0 saturated carbocycles. The average molecular weight is 339 g/mol. The van der Waals surface area contributed by atoms with Gasteiger partial charge in [-0.1, -0.05) is 31.2 Å². The first kappa shape index (κ1) is 17.5. The molecule has 134 valence electrons. The van der Waals surface area contributed by atoms with Gasteiger partial charge in [-0.25, -0.2) is 9.98 Å². The van der Waals surface area contributed by atoms with Crippen LogP contribution in [0.25, 0.3) is 0 Å². The quantitative estimate of drug-likeness (QED) is 0.672. The Morgan fingerprint density at radius 1 is 1.28 bits per heavy atom. The lowest BCUT2D eigenvalue weighted by molar-refractivity contribution is 0.273. The van der Waals surface area contributed by atoms with E-state index in [1.54, 1.807) is 0 Å². The lowest BCUT2D eigenvalue weighted by Gasteiger charge is -2.33. The van der Waals surface area contributed by atoms with Gasteiger partial charge in [-0.2, -0.15) is 0 Å². The van der Waals surface area contributed by atoms with Crippen LogP contribution >= 0.6 is 0 Å². The number of rotatable bonds is 5. The number of aliphatic imine (C=N–C) groups is 1. The molecule has 2 aromatic rings. The summed E-state index contributed by atoms with van der Waals surface area (Å²) in [6.45, 7) is 9.15. The van der Waals surface area contributed by atoms with Gasteiger partial charge in [-0.3, -0.25) is 0 Å². The Balaban J connectivity index is 1.65. The van der Waals surface area contributed by atoms with E-state index in [0.717, 1.165) is 38.1 Å². The topological polar surface area (TPSA) is 45.5 Å². The summed E-state index contributed by atoms with van der Waals surface area (Å²) >= 11 is 0. The van der Waals surface area contributed by atoms with Crippen LogP contribution < -0.4 is 5.32 Å². The maximum Gasteiger partial charge on any atom is 0.194 e. The summed E-state index contributed by atoms with van der Waals surface area (Å²) in [5, 5.41) is 3.45. The number of aromatic nitrogens is 2. The normalized spacial score (nSPS) is 16.2. The largest absolute Gasteiger partial charge is 0.357 e. The second-order valence-electron chi connectivity index (χ2n) is 6.89. The van der Waals surface area contributed by atoms with Crippen molar-refractivity contribution in [2.24, 2.45) is 10.9 Å². The van der Waals surface area contributed by atoms with Gasteiger partial charge in [-0.15, -0.1) is 0 Å². The molecule has 1 aromatic heterocycles. The maximum absolute atomic E-state index is 4.88. The summed E-state index contributed by atoms with van der Waals surface area (Å²) < 4.78 is 2.08. The van der Waals surface area contributed by atoms with Gasteiger partial charge in [-0.05, 0) is 36.8 Å². The summed E-state index contributed by atoms with van der Waals surface area (Å²) in [6.07, 6.45) is 8.17. The fourth-order valence-corrected chi connectivity index (χ4v) is 3.23. The second-order valence-corrected chi connectivity index (χ2v) is 6.89. The summed E-state index contributed by atoms with van der Waals surface area (Å²) in [5.74, 6) is 1.88. The second kappa shape index (κ2) is 8.70. The van der Waals surface area contributed by atoms with Crippen LogP contribution in [0.3, 0.4) is 0 Å². The third kappa shape index (κ3) is 5.08. The first-order valence-electron chi connectivity index (χ1n) is 9.31. The van der Waals surface area contributed by atoms with Crippen molar-refractivity contribution < 1.29 is 0 Å². The lowest BCUT2D eigenvalue weighted by Crippen LogP contribution is -2.45. The minimum Gasteiger partial charge on any atom is -0.357 e. The molecule has 0 unspecified atom stereocenters. The Bertz CT molecular complexity index is 669. The number of piperidine rings is 1. The van der Waals surface area contributed by atoms with Crippen LogP contribution in [0.4, 0.5) is 0 Å². The highest BCUT2D eigenvalue weighted by atomic mass is 15.3. The van der Waals surface area contributed by atoms with Gasteiger partial charge >= 0.3 is 0 Å². The Labute approximate surface area is 150 Å². The van der Waals surface area contributed by atoms with Crippen molar-refractivity contribution in [3.8, 4) is 0 Å². The van der Waals surface area contributed by atoms with E-state index in [-0.39, 0.29) is 0 Å². The molecule has 5 heteroatoms. The molecular weight excluding hydrogens is 310 g/mol. The first-order valence-corrected chi connectivity index (χ1v) is 9.31. The van der Waals surface area contributed by atoms with Gasteiger partial charge in [0.25, 0.3) is 0 Å². The Morgan fingerprint density at radius 3 is 2.80 bits per heavy atom. The van der Waals surface area contributed by atoms with Crippen LogP contribution in [-0.4, -0.2) is 40.0 Å². The minimum atomic E-state index is 0.714. The number of hydrogen-bond acceptors (Lipinski definition) is 2. The number of imidazole rings is 1. The van der Waals surface area contributed by atoms with Crippen LogP contribution in [0.2, 0.25) is 0 Å². The number of nitrogens with one attached hydrogen (secondary N) is 1. The number of guanidine groups is 1. The van der Waals surface area contributed by atoms with Gasteiger partial charge in [0.1, 0.15) is 0 Å². The molecule has 1 aliphatic rings. The van der Waals surface area contributed by atoms with Gasteiger partial charge in [0.05, 0.1) is 12.9 Å². The zero-order chi connectivity index (χ0) is 17.5. The highest BCUT2D eigenvalue weighted by Crippen LogP contribution is 2.16. The van der Waals surface area contributed by atoms with Gasteiger partial charge in [0.2, 0.25) is 0 Å². The van der Waals surface area contributed by atoms with Crippen molar-refractivity contribution >= 4 is 5.96 Å². The Hall–Kier alpha value is -2.30. The highest BCUT2D eigenvalue weighted by molar-refractivity contribution is 5.80. The van der Waals surface area contributed by atoms with E-state index in [0.29, 0.717) is 6.54 Å². The van der Waals surface area contributed by atoms with E-state index in [9.17, 15) is 0 Å². The fourth-order valence-electron chi connectivity index (χ4n) is 3.23. The molecule has 1 N–H and O–H groups in total. The molecule has 0 spiro atoms. The molecular formula is C20H29N5. The molecule has 1 aromatic carbocycles. The van der Waals surface area contributed by atoms with Crippen LogP contribution in [0.5, 0.6) is 0 Å². The molecule has 3 rings (SSSR count). The monoisotopic (exact) mass is 339 g/mol. The van der Waals surface area contributed by atoms with Crippen LogP contribution in [-0.2, 0) is 13.1 Å². The molecule has 1 aliphatic heterocycles. The average Bonchev–Trinajstić information content (AvgIpc) is 3.13. The zero-order valence-corrected chi connectivity index (χ0v) is 15.4. The van der Waals surface area contributed by atoms with Crippen molar-refractivity contribution in [3.05, 3.63) is 54.1 Å². The summed E-state index contributed by atoms with van der Waals surface area (Å²) in [5.41, 5.74) is 2.53. The zero-order valence-electron chi connectivity index (χ0n) is 15.4. The third-order valence-corrected chi connectivity index (χ3v) is 4.75. The lowest BCUT2D eigenvalue weighted by atomic mass is 10.00. The number of hydrogen-bond donors (Lipinski definition) is 1. The molecule has 1 saturated heterocycles. The van der Waals surface area contributed by atoms with E-state index in [2.05, 4.69) is 57.9 Å². The Morgan fingerprint density at radius 2 is 2.08 bits per heavy atom. The summed E-state index contributed by atoms with van der Waals surface area (Å²) in [4.78, 5) is 11.4. The third-order valence-electron chi connectivity index (χ3n) is 4.75. The number of likely N-dealkylation sites (tertiary alicyclic amines) is 1. The van der Waals surface area contributed by atoms with Crippen LogP contribution in [0.15, 0.2) is 48.0 Å². The van der Waals surface area contributed by atoms with Crippen molar-refractivity contribution in [1.29, 1.82) is 0 Å². The molecule has 0 radical (unpaired) electrons. The highest BCUT2D eigenvalue weighted by Gasteiger charge is 2.18. The predicted molar refractivity (Wildman–Crippen MR) is 103 cm³/mol. The van der Waals surface area contributed by atoms with Crippen LogP contribution in [0.1, 0.15) is 37.8 Å². The number of nitrogens with zero attached hydrogens (tertiary/aromatic N) is 4. The van der Waals surface area contributed by atoms with Gasteiger partial charge < -0.3 is 14.8 Å². The molecule has 5 nitrogen and oxygen atoms in total. The maximum atomic E-state index is 4.88. The van der Waals surface area contributed by atoms with E-state index in [4.69, 9.17) is 4.99 Å². The number of benzene rings is 1. The van der Waals surface area contributed by atoms with Crippen LogP contribution in [0, 0.1) is 5.92 Å². The SMILES string of the molecule is CCNC(=NCc1cccc(Cn2ccnc2)c1)N1CCC(C)CC1. The molecule has 0 aliphatic carbocycles. The van der Waals surface area contributed by atoms with E-state index in [1.807, 2.05) is 18.7 Å². The summed E-state index contributed by atoms with van der Waals surface area (Å²) in [7, 11) is 0.